The highest BCUT2D eigenvalue weighted by Crippen LogP contribution is 2.33. The van der Waals surface area contributed by atoms with Crippen LogP contribution in [0.1, 0.15) is 18.6 Å². The summed E-state index contributed by atoms with van der Waals surface area (Å²) < 4.78 is 5.23. The van der Waals surface area contributed by atoms with E-state index in [-0.39, 0.29) is 6.61 Å². The van der Waals surface area contributed by atoms with E-state index in [9.17, 15) is 5.11 Å². The molecule has 0 amide bonds. The highest BCUT2D eigenvalue weighted by Gasteiger charge is 2.16. The van der Waals surface area contributed by atoms with Gasteiger partial charge in [0.1, 0.15) is 5.75 Å². The van der Waals surface area contributed by atoms with Gasteiger partial charge in [-0.25, -0.2) is 0 Å². The van der Waals surface area contributed by atoms with E-state index in [1.54, 1.807) is 14.0 Å². The predicted molar refractivity (Wildman–Crippen MR) is 64.0 cm³/mol. The van der Waals surface area contributed by atoms with Gasteiger partial charge in [-0.05, 0) is 19.1 Å². The fourth-order valence-electron chi connectivity index (χ4n) is 1.73. The number of hydrogen-bond acceptors (Lipinski definition) is 4. The molecule has 90 valence electrons. The number of benzene rings is 1. The lowest BCUT2D eigenvalue weighted by atomic mass is 10.1. The van der Waals surface area contributed by atoms with Crippen molar-refractivity contribution in [1.82, 2.24) is 0 Å². The number of ether oxygens (including phenoxy) is 1. The van der Waals surface area contributed by atoms with E-state index >= 15 is 0 Å². The summed E-state index contributed by atoms with van der Waals surface area (Å²) in [6.45, 7) is 2.30. The smallest absolute Gasteiger partial charge is 0.126 e. The first-order valence-corrected chi connectivity index (χ1v) is 5.28. The molecule has 0 heterocycles. The van der Waals surface area contributed by atoms with Crippen molar-refractivity contribution in [1.29, 1.82) is 0 Å². The molecule has 1 aromatic carbocycles. The zero-order valence-corrected chi connectivity index (χ0v) is 9.97. The third-order valence-electron chi connectivity index (χ3n) is 2.53. The first-order chi connectivity index (χ1) is 7.61. The number of methoxy groups -OCH3 is 1. The van der Waals surface area contributed by atoms with Crippen LogP contribution in [0.3, 0.4) is 0 Å². The van der Waals surface area contributed by atoms with E-state index in [4.69, 9.17) is 9.84 Å². The van der Waals surface area contributed by atoms with Gasteiger partial charge in [-0.15, -0.1) is 0 Å². The number of nitrogens with zero attached hydrogens (tertiary/aromatic N) is 1. The molecule has 0 radical (unpaired) electrons. The van der Waals surface area contributed by atoms with Gasteiger partial charge >= 0.3 is 0 Å². The Kier molecular flexibility index (Phi) is 4.58. The van der Waals surface area contributed by atoms with Gasteiger partial charge in [-0.1, -0.05) is 6.07 Å². The largest absolute Gasteiger partial charge is 0.496 e. The van der Waals surface area contributed by atoms with Gasteiger partial charge in [-0.2, -0.15) is 0 Å². The maximum absolute atomic E-state index is 9.76. The number of anilines is 1. The lowest BCUT2D eigenvalue weighted by Gasteiger charge is -2.24. The van der Waals surface area contributed by atoms with Crippen LogP contribution in [0.5, 0.6) is 5.75 Å². The monoisotopic (exact) mass is 225 g/mol. The Bertz CT molecular complexity index is 339. The quantitative estimate of drug-likeness (QED) is 0.790. The summed E-state index contributed by atoms with van der Waals surface area (Å²) in [5, 5.41) is 18.7. The Morgan fingerprint density at radius 1 is 1.44 bits per heavy atom. The van der Waals surface area contributed by atoms with Gasteiger partial charge in [-0.3, -0.25) is 0 Å². The van der Waals surface area contributed by atoms with Crippen LogP contribution >= 0.6 is 0 Å². The molecule has 0 spiro atoms. The minimum atomic E-state index is -0.604. The SMILES string of the molecule is COc1cccc(N(C)CCO)c1[C@@H](C)O. The van der Waals surface area contributed by atoms with Crippen molar-refractivity contribution in [3.8, 4) is 5.75 Å². The Morgan fingerprint density at radius 2 is 2.12 bits per heavy atom. The van der Waals surface area contributed by atoms with Crippen LogP contribution in [0, 0.1) is 0 Å². The number of aliphatic hydroxyl groups is 2. The predicted octanol–water partition coefficient (Wildman–Crippen LogP) is 1.18. The Hall–Kier alpha value is -1.26. The van der Waals surface area contributed by atoms with Crippen molar-refractivity contribution in [2.24, 2.45) is 0 Å². The van der Waals surface area contributed by atoms with Crippen molar-refractivity contribution in [3.63, 3.8) is 0 Å². The van der Waals surface area contributed by atoms with Gasteiger partial charge in [0.15, 0.2) is 0 Å². The third kappa shape index (κ3) is 2.65. The highest BCUT2D eigenvalue weighted by atomic mass is 16.5. The summed E-state index contributed by atoms with van der Waals surface area (Å²) >= 11 is 0. The van der Waals surface area contributed by atoms with E-state index in [0.717, 1.165) is 11.3 Å². The lowest BCUT2D eigenvalue weighted by molar-refractivity contribution is 0.194. The molecule has 1 aromatic rings. The molecule has 0 bridgehead atoms. The number of likely N-dealkylation sites (N-methyl/N-ethyl adjacent to an activating group) is 1. The second kappa shape index (κ2) is 5.72. The molecule has 2 N–H and O–H groups in total. The minimum Gasteiger partial charge on any atom is -0.496 e. The molecule has 0 aliphatic carbocycles. The maximum atomic E-state index is 9.76. The van der Waals surface area contributed by atoms with Crippen LogP contribution in [-0.2, 0) is 0 Å². The third-order valence-corrected chi connectivity index (χ3v) is 2.53. The second-order valence-electron chi connectivity index (χ2n) is 3.71. The highest BCUT2D eigenvalue weighted by molar-refractivity contribution is 5.60. The summed E-state index contributed by atoms with van der Waals surface area (Å²) in [7, 11) is 3.45. The average molecular weight is 225 g/mol. The molecule has 1 atom stereocenters. The number of aliphatic hydroxyl groups excluding tert-OH is 2. The molecule has 1 rings (SSSR count). The van der Waals surface area contributed by atoms with Gasteiger partial charge in [0.05, 0.1) is 19.8 Å². The molecule has 4 nitrogen and oxygen atoms in total. The molecule has 4 heteroatoms. The van der Waals surface area contributed by atoms with Crippen molar-refractivity contribution in [2.75, 3.05) is 32.2 Å². The van der Waals surface area contributed by atoms with Crippen LogP contribution in [0.25, 0.3) is 0 Å². The van der Waals surface area contributed by atoms with E-state index in [1.165, 1.54) is 0 Å². The van der Waals surface area contributed by atoms with Crippen LogP contribution < -0.4 is 9.64 Å². The maximum Gasteiger partial charge on any atom is 0.126 e. The zero-order chi connectivity index (χ0) is 12.1. The van der Waals surface area contributed by atoms with E-state index in [2.05, 4.69) is 0 Å². The Balaban J connectivity index is 3.16. The van der Waals surface area contributed by atoms with Gasteiger partial charge in [0, 0.05) is 24.8 Å². The molecule has 0 unspecified atom stereocenters. The molecule has 0 aliphatic heterocycles. The van der Waals surface area contributed by atoms with Gasteiger partial charge in [0.2, 0.25) is 0 Å². The van der Waals surface area contributed by atoms with E-state index < -0.39 is 6.10 Å². The molecule has 0 aromatic heterocycles. The minimum absolute atomic E-state index is 0.0763. The zero-order valence-electron chi connectivity index (χ0n) is 9.97. The Morgan fingerprint density at radius 3 is 2.62 bits per heavy atom. The summed E-state index contributed by atoms with van der Waals surface area (Å²) in [4.78, 5) is 1.89. The Labute approximate surface area is 96.1 Å². The van der Waals surface area contributed by atoms with Crippen molar-refractivity contribution in [2.45, 2.75) is 13.0 Å². The summed E-state index contributed by atoms with van der Waals surface area (Å²) in [6.07, 6.45) is -0.604. The average Bonchev–Trinajstić information content (AvgIpc) is 2.28. The molecular formula is C12H19NO3. The van der Waals surface area contributed by atoms with Crippen LogP contribution in [-0.4, -0.2) is 37.5 Å². The van der Waals surface area contributed by atoms with E-state index in [1.807, 2.05) is 30.1 Å². The normalized spacial score (nSPS) is 12.3. The molecule has 0 saturated carbocycles. The number of hydrogen-bond donors (Lipinski definition) is 2. The number of rotatable bonds is 5. The lowest BCUT2D eigenvalue weighted by Crippen LogP contribution is -2.23. The first-order valence-electron chi connectivity index (χ1n) is 5.28. The van der Waals surface area contributed by atoms with Crippen LogP contribution in [0.15, 0.2) is 18.2 Å². The van der Waals surface area contributed by atoms with E-state index in [0.29, 0.717) is 12.3 Å². The fourth-order valence-corrected chi connectivity index (χ4v) is 1.73. The molecular weight excluding hydrogens is 206 g/mol. The molecule has 0 fully saturated rings. The van der Waals surface area contributed by atoms with Crippen molar-refractivity contribution < 1.29 is 14.9 Å². The van der Waals surface area contributed by atoms with Crippen molar-refractivity contribution >= 4 is 5.69 Å². The topological polar surface area (TPSA) is 52.9 Å². The standard InChI is InChI=1S/C12H19NO3/c1-9(15)12-10(13(2)7-8-14)5-4-6-11(12)16-3/h4-6,9,14-15H,7-8H2,1-3H3/t9-/m1/s1. The van der Waals surface area contributed by atoms with Gasteiger partial charge < -0.3 is 19.8 Å². The second-order valence-corrected chi connectivity index (χ2v) is 3.71. The fraction of sp³-hybridized carbons (Fsp3) is 0.500. The summed E-state index contributed by atoms with van der Waals surface area (Å²) in [6, 6.07) is 5.59. The molecule has 0 aliphatic rings. The summed E-state index contributed by atoms with van der Waals surface area (Å²) in [5.41, 5.74) is 1.63. The summed E-state index contributed by atoms with van der Waals surface area (Å²) in [5.74, 6) is 0.664. The van der Waals surface area contributed by atoms with Crippen LogP contribution in [0.2, 0.25) is 0 Å². The van der Waals surface area contributed by atoms with Crippen molar-refractivity contribution in [3.05, 3.63) is 23.8 Å². The first kappa shape index (κ1) is 12.8. The van der Waals surface area contributed by atoms with Crippen LogP contribution in [0.4, 0.5) is 5.69 Å². The molecule has 0 saturated heterocycles. The van der Waals surface area contributed by atoms with Gasteiger partial charge in [0.25, 0.3) is 0 Å². The molecule has 16 heavy (non-hydrogen) atoms.